The minimum Gasteiger partial charge on any atom is -0.326 e. The average molecular weight is 394 g/mol. The molecule has 2 aromatic carbocycles. The highest BCUT2D eigenvalue weighted by molar-refractivity contribution is 6.90. The Kier molecular flexibility index (Phi) is 6.82. The van der Waals surface area contributed by atoms with E-state index in [0.717, 1.165) is 11.3 Å². The summed E-state index contributed by atoms with van der Waals surface area (Å²) in [6.07, 6.45) is 2.04. The van der Waals surface area contributed by atoms with Crippen molar-refractivity contribution < 1.29 is 4.79 Å². The second-order valence-electron chi connectivity index (χ2n) is 9.02. The largest absolute Gasteiger partial charge is 0.326 e. The van der Waals surface area contributed by atoms with E-state index >= 15 is 0 Å². The smallest absolute Gasteiger partial charge is 0.229 e. The van der Waals surface area contributed by atoms with Crippen LogP contribution in [0.3, 0.4) is 0 Å². The fraction of sp³-hybridized carbons (Fsp3) is 0.304. The molecule has 1 N–H and O–H groups in total. The maximum absolute atomic E-state index is 13.3. The Labute approximate surface area is 166 Å². The van der Waals surface area contributed by atoms with Gasteiger partial charge in [-0.2, -0.15) is 0 Å². The number of carbonyl (C=O) groups is 1. The first-order valence-corrected chi connectivity index (χ1v) is 16.5. The molecule has 0 spiro atoms. The lowest BCUT2D eigenvalue weighted by Gasteiger charge is -2.34. The van der Waals surface area contributed by atoms with Crippen molar-refractivity contribution in [2.45, 2.75) is 44.8 Å². The monoisotopic (exact) mass is 393 g/mol. The van der Waals surface area contributed by atoms with Gasteiger partial charge in [0.05, 0.1) is 21.7 Å². The standard InChI is InChI=1S/C23H31NOSi2/c1-26(2,3)21(18-17-19-13-9-7-10-14-19)22(27(4,5)6)23(25)24-20-15-11-8-12-16-20/h7-17,22H,1-6H3,(H,24,25). The lowest BCUT2D eigenvalue weighted by atomic mass is 10.2. The van der Waals surface area contributed by atoms with Gasteiger partial charge in [-0.15, -0.1) is 5.73 Å². The first-order valence-electron chi connectivity index (χ1n) is 9.47. The molecule has 142 valence electrons. The Hall–Kier alpha value is -2.14. The maximum atomic E-state index is 13.3. The van der Waals surface area contributed by atoms with Crippen LogP contribution in [-0.2, 0) is 4.79 Å². The molecule has 0 aliphatic rings. The molecule has 2 nitrogen and oxygen atoms in total. The van der Waals surface area contributed by atoms with Crippen LogP contribution in [0.4, 0.5) is 5.69 Å². The van der Waals surface area contributed by atoms with Crippen molar-refractivity contribution in [3.05, 3.63) is 77.2 Å². The Morgan fingerprint density at radius 1 is 0.889 bits per heavy atom. The molecular weight excluding hydrogens is 362 g/mol. The minimum atomic E-state index is -1.81. The molecule has 0 bridgehead atoms. The van der Waals surface area contributed by atoms with Crippen molar-refractivity contribution in [2.75, 3.05) is 5.32 Å². The molecule has 0 saturated heterocycles. The van der Waals surface area contributed by atoms with Gasteiger partial charge in [0.15, 0.2) is 0 Å². The summed E-state index contributed by atoms with van der Waals surface area (Å²) in [5.41, 5.74) is 5.45. The van der Waals surface area contributed by atoms with E-state index < -0.39 is 16.1 Å². The zero-order chi connectivity index (χ0) is 20.1. The first-order chi connectivity index (χ1) is 12.6. The summed E-state index contributed by atoms with van der Waals surface area (Å²) in [7, 11) is -3.56. The fourth-order valence-electron chi connectivity index (χ4n) is 3.14. The van der Waals surface area contributed by atoms with Gasteiger partial charge in [-0.05, 0) is 29.0 Å². The number of benzene rings is 2. The minimum absolute atomic E-state index is 0.0932. The van der Waals surface area contributed by atoms with Crippen LogP contribution in [0, 0.1) is 0 Å². The Morgan fingerprint density at radius 3 is 1.89 bits per heavy atom. The molecule has 2 aromatic rings. The Bertz CT molecular complexity index is 824. The Balaban J connectivity index is 2.49. The summed E-state index contributed by atoms with van der Waals surface area (Å²) >= 11 is 0. The van der Waals surface area contributed by atoms with Crippen LogP contribution >= 0.6 is 0 Å². The van der Waals surface area contributed by atoms with E-state index in [1.54, 1.807) is 0 Å². The number of anilines is 1. The highest BCUT2D eigenvalue weighted by Gasteiger charge is 2.40. The second kappa shape index (κ2) is 8.70. The van der Waals surface area contributed by atoms with E-state index in [1.165, 1.54) is 5.20 Å². The third-order valence-corrected chi connectivity index (χ3v) is 9.08. The molecule has 1 amide bonds. The first kappa shape index (κ1) is 21.2. The van der Waals surface area contributed by atoms with Gasteiger partial charge in [0, 0.05) is 5.69 Å². The second-order valence-corrected chi connectivity index (χ2v) is 19.4. The number of hydrogen-bond donors (Lipinski definition) is 1. The summed E-state index contributed by atoms with van der Waals surface area (Å²) in [5.74, 6) is 0.103. The summed E-state index contributed by atoms with van der Waals surface area (Å²) in [4.78, 5) is 13.3. The molecule has 0 saturated carbocycles. The highest BCUT2D eigenvalue weighted by atomic mass is 28.3. The number of rotatable bonds is 6. The van der Waals surface area contributed by atoms with Crippen LogP contribution in [0.5, 0.6) is 0 Å². The molecule has 27 heavy (non-hydrogen) atoms. The number of para-hydroxylation sites is 1. The maximum Gasteiger partial charge on any atom is 0.229 e. The van der Waals surface area contributed by atoms with Crippen molar-refractivity contribution in [2.24, 2.45) is 0 Å². The van der Waals surface area contributed by atoms with Crippen LogP contribution in [-0.4, -0.2) is 22.1 Å². The van der Waals surface area contributed by atoms with Crippen molar-refractivity contribution in [1.82, 2.24) is 0 Å². The molecule has 1 atom stereocenters. The number of carbonyl (C=O) groups excluding carboxylic acids is 1. The molecule has 0 aliphatic heterocycles. The van der Waals surface area contributed by atoms with Crippen molar-refractivity contribution in [1.29, 1.82) is 0 Å². The summed E-state index contributed by atoms with van der Waals surface area (Å²) in [6, 6.07) is 20.0. The van der Waals surface area contributed by atoms with Gasteiger partial charge in [0.25, 0.3) is 0 Å². The van der Waals surface area contributed by atoms with Crippen LogP contribution in [0.1, 0.15) is 5.56 Å². The lowest BCUT2D eigenvalue weighted by Crippen LogP contribution is -2.43. The molecular formula is C23H31NOSi2. The van der Waals surface area contributed by atoms with E-state index in [0.29, 0.717) is 0 Å². The van der Waals surface area contributed by atoms with Gasteiger partial charge in [0.1, 0.15) is 0 Å². The van der Waals surface area contributed by atoms with E-state index in [4.69, 9.17) is 0 Å². The van der Waals surface area contributed by atoms with Crippen LogP contribution in [0.25, 0.3) is 6.08 Å². The van der Waals surface area contributed by atoms with Gasteiger partial charge in [-0.1, -0.05) is 87.8 Å². The normalized spacial score (nSPS) is 12.7. The topological polar surface area (TPSA) is 29.1 Å². The van der Waals surface area contributed by atoms with Crippen molar-refractivity contribution in [3.8, 4) is 0 Å². The van der Waals surface area contributed by atoms with E-state index in [2.05, 4.69) is 62.5 Å². The van der Waals surface area contributed by atoms with Gasteiger partial charge in [-0.3, -0.25) is 4.79 Å². The molecule has 4 heteroatoms. The predicted molar refractivity (Wildman–Crippen MR) is 123 cm³/mol. The predicted octanol–water partition coefficient (Wildman–Crippen LogP) is 6.45. The number of amides is 1. The fourth-order valence-corrected chi connectivity index (χ4v) is 9.04. The van der Waals surface area contributed by atoms with Crippen LogP contribution < -0.4 is 5.32 Å². The molecule has 0 fully saturated rings. The van der Waals surface area contributed by atoms with Gasteiger partial charge < -0.3 is 5.32 Å². The van der Waals surface area contributed by atoms with Crippen molar-refractivity contribution in [3.63, 3.8) is 0 Å². The highest BCUT2D eigenvalue weighted by Crippen LogP contribution is 2.36. The van der Waals surface area contributed by atoms with Crippen LogP contribution in [0.2, 0.25) is 44.8 Å². The Morgan fingerprint density at radius 2 is 1.41 bits per heavy atom. The van der Waals surface area contributed by atoms with E-state index in [9.17, 15) is 4.79 Å². The summed E-state index contributed by atoms with van der Waals surface area (Å²) < 4.78 is 0. The van der Waals surface area contributed by atoms with E-state index in [1.807, 2.05) is 54.6 Å². The molecule has 1 unspecified atom stereocenters. The zero-order valence-corrected chi connectivity index (χ0v) is 19.3. The average Bonchev–Trinajstić information content (AvgIpc) is 2.58. The van der Waals surface area contributed by atoms with Crippen LogP contribution in [0.15, 0.2) is 71.6 Å². The SMILES string of the molecule is C[Si](C)(C)C(=C=Cc1ccccc1)C(C(=O)Nc1ccccc1)[Si](C)(C)C. The van der Waals surface area contributed by atoms with Crippen molar-refractivity contribution >= 4 is 33.8 Å². The molecule has 0 heterocycles. The third-order valence-electron chi connectivity index (χ3n) is 4.46. The molecule has 0 radical (unpaired) electrons. The van der Waals surface area contributed by atoms with E-state index in [-0.39, 0.29) is 11.4 Å². The molecule has 0 aliphatic carbocycles. The number of hydrogen-bond acceptors (Lipinski definition) is 1. The van der Waals surface area contributed by atoms with Gasteiger partial charge >= 0.3 is 0 Å². The summed E-state index contributed by atoms with van der Waals surface area (Å²) in [5, 5.41) is 4.35. The lowest BCUT2D eigenvalue weighted by molar-refractivity contribution is -0.115. The third kappa shape index (κ3) is 6.21. The number of nitrogens with one attached hydrogen (secondary N) is 1. The van der Waals surface area contributed by atoms with Gasteiger partial charge in [-0.25, -0.2) is 0 Å². The van der Waals surface area contributed by atoms with Gasteiger partial charge in [0.2, 0.25) is 5.91 Å². The molecule has 2 rings (SSSR count). The summed E-state index contributed by atoms with van der Waals surface area (Å²) in [6.45, 7) is 13.7. The zero-order valence-electron chi connectivity index (χ0n) is 17.3. The quantitative estimate of drug-likeness (QED) is 0.443. The molecule has 0 aromatic heterocycles.